The van der Waals surface area contributed by atoms with Crippen LogP contribution in [0.25, 0.3) is 0 Å². The number of hydrogen-bond donors (Lipinski definition) is 3. The molecule has 2 aliphatic heterocycles. The summed E-state index contributed by atoms with van der Waals surface area (Å²) in [5.41, 5.74) is 0.684. The molecular formula is C35H41FN4O8S. The highest BCUT2D eigenvalue weighted by Crippen LogP contribution is 2.34. The Balaban J connectivity index is 1.52. The van der Waals surface area contributed by atoms with Crippen molar-refractivity contribution in [2.45, 2.75) is 56.5 Å². The highest BCUT2D eigenvalue weighted by atomic mass is 32.2. The van der Waals surface area contributed by atoms with E-state index in [0.29, 0.717) is 18.4 Å². The quantitative estimate of drug-likeness (QED) is 0.352. The van der Waals surface area contributed by atoms with E-state index in [1.54, 1.807) is 31.2 Å². The number of benzene rings is 3. The van der Waals surface area contributed by atoms with Crippen LogP contribution in [0.2, 0.25) is 0 Å². The Bertz CT molecular complexity index is 1750. The molecule has 3 aromatic rings. The standard InChI is InChI=1S/C35H41FN4O8S/c1-3-28-35(44)38-23-24-12-14-29(27(36)21-24)48-31-22-25(13-15-30(31)47-2)34(43)37-17-8-19-40(18-7-11-32(41)39-28)33(42)16-20-49(45,46)26-9-5-4-6-10-26/h4-6,9-10,12-15,21-22,28H,3,7-8,11,16-20,23H2,1-2H3,(H,37,43)(H,38,44)(H,39,41)/t28-/m0/s1. The van der Waals surface area contributed by atoms with Crippen molar-refractivity contribution < 1.29 is 41.5 Å². The zero-order chi connectivity index (χ0) is 35.4. The van der Waals surface area contributed by atoms with E-state index in [1.807, 2.05) is 0 Å². The lowest BCUT2D eigenvalue weighted by molar-refractivity contribution is -0.131. The van der Waals surface area contributed by atoms with E-state index in [4.69, 9.17) is 9.47 Å². The van der Waals surface area contributed by atoms with Crippen molar-refractivity contribution in [2.24, 2.45) is 0 Å². The smallest absolute Gasteiger partial charge is 0.251 e. The van der Waals surface area contributed by atoms with Crippen LogP contribution in [0.1, 0.15) is 54.9 Å². The third-order valence-corrected chi connectivity index (χ3v) is 9.66. The van der Waals surface area contributed by atoms with Crippen molar-refractivity contribution in [1.82, 2.24) is 20.9 Å². The third-order valence-electron chi connectivity index (χ3n) is 7.93. The molecule has 3 N–H and O–H groups in total. The number of methoxy groups -OCH3 is 1. The van der Waals surface area contributed by atoms with Crippen LogP contribution in [0.3, 0.4) is 0 Å². The van der Waals surface area contributed by atoms with Gasteiger partial charge in [-0.2, -0.15) is 0 Å². The molecule has 0 fully saturated rings. The van der Waals surface area contributed by atoms with Gasteiger partial charge in [-0.1, -0.05) is 31.2 Å². The van der Waals surface area contributed by atoms with Crippen LogP contribution in [0.15, 0.2) is 71.6 Å². The molecular weight excluding hydrogens is 655 g/mol. The normalized spacial score (nSPS) is 16.9. The van der Waals surface area contributed by atoms with Crippen molar-refractivity contribution in [3.05, 3.63) is 83.7 Å². The third kappa shape index (κ3) is 10.5. The molecule has 4 amide bonds. The van der Waals surface area contributed by atoms with Crippen LogP contribution < -0.4 is 25.4 Å². The number of carbonyl (C=O) groups is 4. The second-order valence-electron chi connectivity index (χ2n) is 11.5. The fourth-order valence-corrected chi connectivity index (χ4v) is 6.43. The Hall–Kier alpha value is -4.98. The average molecular weight is 697 g/mol. The van der Waals surface area contributed by atoms with Gasteiger partial charge in [0.05, 0.1) is 17.8 Å². The highest BCUT2D eigenvalue weighted by Gasteiger charge is 2.22. The minimum Gasteiger partial charge on any atom is -0.493 e. The van der Waals surface area contributed by atoms with Gasteiger partial charge in [0, 0.05) is 44.6 Å². The summed E-state index contributed by atoms with van der Waals surface area (Å²) in [4.78, 5) is 53.5. The average Bonchev–Trinajstić information content (AvgIpc) is 3.10. The zero-order valence-corrected chi connectivity index (χ0v) is 28.3. The fourth-order valence-electron chi connectivity index (χ4n) is 5.18. The van der Waals surface area contributed by atoms with Gasteiger partial charge in [-0.3, -0.25) is 19.2 Å². The molecule has 5 rings (SSSR count). The summed E-state index contributed by atoms with van der Waals surface area (Å²) in [5.74, 6) is -2.49. The summed E-state index contributed by atoms with van der Waals surface area (Å²) in [7, 11) is -2.28. The molecule has 2 heterocycles. The molecule has 3 aromatic carbocycles. The first-order valence-corrected chi connectivity index (χ1v) is 17.7. The molecule has 0 aromatic heterocycles. The molecule has 0 saturated heterocycles. The van der Waals surface area contributed by atoms with Gasteiger partial charge in [0.1, 0.15) is 6.04 Å². The molecule has 0 radical (unpaired) electrons. The molecule has 262 valence electrons. The van der Waals surface area contributed by atoms with Crippen LogP contribution in [0.5, 0.6) is 17.2 Å². The lowest BCUT2D eigenvalue weighted by atomic mass is 10.1. The molecule has 0 saturated carbocycles. The predicted molar refractivity (Wildman–Crippen MR) is 179 cm³/mol. The minimum absolute atomic E-state index is 0.00154. The van der Waals surface area contributed by atoms with Crippen molar-refractivity contribution in [3.63, 3.8) is 0 Å². The molecule has 2 aliphatic rings. The summed E-state index contributed by atoms with van der Waals surface area (Å²) < 4.78 is 51.8. The summed E-state index contributed by atoms with van der Waals surface area (Å²) in [6.07, 6.45) is 0.660. The Kier molecular flexibility index (Phi) is 13.1. The monoisotopic (exact) mass is 696 g/mol. The molecule has 14 heteroatoms. The maximum Gasteiger partial charge on any atom is 0.251 e. The van der Waals surface area contributed by atoms with Gasteiger partial charge in [0.2, 0.25) is 17.7 Å². The fraction of sp³-hybridized carbons (Fsp3) is 0.371. The van der Waals surface area contributed by atoms with Crippen LogP contribution in [0.4, 0.5) is 4.39 Å². The topological polar surface area (TPSA) is 160 Å². The molecule has 12 nitrogen and oxygen atoms in total. The lowest BCUT2D eigenvalue weighted by Crippen LogP contribution is -2.46. The number of fused-ring (bicyclic) bond motifs is 16. The second kappa shape index (κ2) is 17.4. The Morgan fingerprint density at radius 2 is 1.73 bits per heavy atom. The first-order chi connectivity index (χ1) is 23.5. The second-order valence-corrected chi connectivity index (χ2v) is 13.6. The minimum atomic E-state index is -3.69. The largest absolute Gasteiger partial charge is 0.493 e. The first-order valence-electron chi connectivity index (χ1n) is 16.1. The maximum atomic E-state index is 15.0. The van der Waals surface area contributed by atoms with E-state index < -0.39 is 45.3 Å². The van der Waals surface area contributed by atoms with Crippen molar-refractivity contribution in [3.8, 4) is 17.2 Å². The van der Waals surface area contributed by atoms with E-state index in [-0.39, 0.29) is 78.9 Å². The first kappa shape index (κ1) is 36.8. The van der Waals surface area contributed by atoms with E-state index in [9.17, 15) is 27.6 Å². The van der Waals surface area contributed by atoms with Gasteiger partial charge >= 0.3 is 0 Å². The van der Waals surface area contributed by atoms with Gasteiger partial charge in [-0.15, -0.1) is 0 Å². The Labute approximate surface area is 285 Å². The van der Waals surface area contributed by atoms with E-state index >= 15 is 4.39 Å². The van der Waals surface area contributed by atoms with Crippen LogP contribution in [-0.4, -0.2) is 75.5 Å². The number of sulfone groups is 1. The molecule has 0 aliphatic carbocycles. The predicted octanol–water partition coefficient (Wildman–Crippen LogP) is 3.74. The number of hydrogen-bond acceptors (Lipinski definition) is 8. The summed E-state index contributed by atoms with van der Waals surface area (Å²) in [5, 5.41) is 8.21. The highest BCUT2D eigenvalue weighted by molar-refractivity contribution is 7.91. The zero-order valence-electron chi connectivity index (χ0n) is 27.5. The van der Waals surface area contributed by atoms with Gasteiger partial charge < -0.3 is 30.3 Å². The lowest BCUT2D eigenvalue weighted by Gasteiger charge is -2.23. The number of nitrogens with zero attached hydrogens (tertiary/aromatic N) is 1. The number of ether oxygens (including phenoxy) is 2. The van der Waals surface area contributed by atoms with Gasteiger partial charge in [0.25, 0.3) is 5.91 Å². The molecule has 0 spiro atoms. The number of rotatable bonds is 6. The van der Waals surface area contributed by atoms with Crippen LogP contribution in [-0.2, 0) is 30.8 Å². The van der Waals surface area contributed by atoms with Gasteiger partial charge in [-0.05, 0) is 67.3 Å². The van der Waals surface area contributed by atoms with Crippen LogP contribution in [0, 0.1) is 5.82 Å². The van der Waals surface area contributed by atoms with Crippen molar-refractivity contribution in [1.29, 1.82) is 0 Å². The summed E-state index contributed by atoms with van der Waals surface area (Å²) in [6, 6.07) is 15.7. The van der Waals surface area contributed by atoms with Crippen molar-refractivity contribution in [2.75, 3.05) is 32.5 Å². The maximum absolute atomic E-state index is 15.0. The van der Waals surface area contributed by atoms with Crippen molar-refractivity contribution >= 4 is 33.5 Å². The number of halogens is 1. The molecule has 1 atom stereocenters. The molecule has 49 heavy (non-hydrogen) atoms. The SMILES string of the molecule is CC[C@@H]1NC(=O)CCCN(C(=O)CCS(=O)(=O)c2ccccc2)CCCNC(=O)c2ccc(OC)c(c2)Oc2ccc(cc2F)CNC1=O. The summed E-state index contributed by atoms with van der Waals surface area (Å²) in [6.45, 7) is 2.28. The number of amides is 4. The number of carbonyl (C=O) groups excluding carboxylic acids is 4. The van der Waals surface area contributed by atoms with Crippen LogP contribution >= 0.6 is 0 Å². The van der Waals surface area contributed by atoms with E-state index in [0.717, 1.165) is 0 Å². The Morgan fingerprint density at radius 1 is 0.980 bits per heavy atom. The number of nitrogens with one attached hydrogen (secondary N) is 3. The molecule has 0 unspecified atom stereocenters. The Morgan fingerprint density at radius 3 is 2.45 bits per heavy atom. The van der Waals surface area contributed by atoms with Gasteiger partial charge in [-0.25, -0.2) is 12.8 Å². The van der Waals surface area contributed by atoms with E-state index in [2.05, 4.69) is 16.0 Å². The van der Waals surface area contributed by atoms with Gasteiger partial charge in [0.15, 0.2) is 32.9 Å². The summed E-state index contributed by atoms with van der Waals surface area (Å²) >= 11 is 0. The van der Waals surface area contributed by atoms with E-state index in [1.165, 1.54) is 54.5 Å². The molecule has 4 bridgehead atoms.